The van der Waals surface area contributed by atoms with Crippen molar-refractivity contribution >= 4 is 5.95 Å². The van der Waals surface area contributed by atoms with Gasteiger partial charge in [0, 0.05) is 24.7 Å². The molecule has 1 aromatic carbocycles. The summed E-state index contributed by atoms with van der Waals surface area (Å²) in [6.45, 7) is 2.73. The summed E-state index contributed by atoms with van der Waals surface area (Å²) < 4.78 is 16.0. The van der Waals surface area contributed by atoms with Crippen molar-refractivity contribution in [1.29, 1.82) is 0 Å². The fourth-order valence-electron chi connectivity index (χ4n) is 2.58. The third kappa shape index (κ3) is 3.29. The summed E-state index contributed by atoms with van der Waals surface area (Å²) in [4.78, 5) is 15.2. The molecule has 3 heterocycles. The Balaban J connectivity index is 1.69. The third-order valence-electron chi connectivity index (χ3n) is 3.88. The van der Waals surface area contributed by atoms with Gasteiger partial charge in [-0.2, -0.15) is 15.0 Å². The number of nitrogens with zero attached hydrogens (tertiary/aromatic N) is 5. The number of hydrogen-bond donors (Lipinski definition) is 0. The quantitative estimate of drug-likeness (QED) is 0.714. The zero-order valence-corrected chi connectivity index (χ0v) is 13.8. The van der Waals surface area contributed by atoms with Gasteiger partial charge in [0.2, 0.25) is 5.95 Å². The molecule has 1 aliphatic rings. The minimum Gasteiger partial charge on any atom is -0.467 e. The fraction of sp³-hybridized carbons (Fsp3) is 0.294. The van der Waals surface area contributed by atoms with E-state index in [0.717, 1.165) is 18.7 Å². The van der Waals surface area contributed by atoms with Gasteiger partial charge in [0.1, 0.15) is 0 Å². The number of hydrogen-bond acceptors (Lipinski definition) is 8. The number of benzene rings is 1. The molecular formula is C17H17N5O3. The van der Waals surface area contributed by atoms with Crippen LogP contribution in [0.3, 0.4) is 0 Å². The molecule has 0 aliphatic carbocycles. The molecular weight excluding hydrogens is 322 g/mol. The molecule has 0 spiro atoms. The molecule has 1 aliphatic heterocycles. The van der Waals surface area contributed by atoms with E-state index >= 15 is 0 Å². The Kier molecular flexibility index (Phi) is 4.26. The standard InChI is InChI=1S/C17H17N5O3/c1-23-17-19-15(18-16(20-17)22-7-9-24-10-8-22)13-11-14(25-21-13)12-5-3-2-4-6-12/h2-6,11H,7-10H2,1H3. The van der Waals surface area contributed by atoms with Gasteiger partial charge in [-0.05, 0) is 0 Å². The topological polar surface area (TPSA) is 86.4 Å². The molecule has 4 rings (SSSR count). The normalized spacial score (nSPS) is 14.5. The molecule has 25 heavy (non-hydrogen) atoms. The molecule has 1 fully saturated rings. The van der Waals surface area contributed by atoms with Gasteiger partial charge in [0.15, 0.2) is 17.3 Å². The average Bonchev–Trinajstić information content (AvgIpc) is 3.19. The van der Waals surface area contributed by atoms with Crippen LogP contribution in [0.4, 0.5) is 5.95 Å². The molecule has 128 valence electrons. The summed E-state index contributed by atoms with van der Waals surface area (Å²) in [5.74, 6) is 1.62. The maximum absolute atomic E-state index is 5.44. The van der Waals surface area contributed by atoms with Crippen LogP contribution in [0, 0.1) is 0 Å². The Morgan fingerprint density at radius 1 is 1.04 bits per heavy atom. The smallest absolute Gasteiger partial charge is 0.321 e. The Hall–Kier alpha value is -3.00. The molecule has 3 aromatic rings. The van der Waals surface area contributed by atoms with Crippen LogP contribution in [0.15, 0.2) is 40.9 Å². The molecule has 8 nitrogen and oxygen atoms in total. The molecule has 8 heteroatoms. The van der Waals surface area contributed by atoms with Gasteiger partial charge in [0.05, 0.1) is 20.3 Å². The lowest BCUT2D eigenvalue weighted by Gasteiger charge is -2.26. The number of rotatable bonds is 4. The van der Waals surface area contributed by atoms with Crippen molar-refractivity contribution in [2.75, 3.05) is 38.3 Å². The van der Waals surface area contributed by atoms with E-state index in [-0.39, 0.29) is 6.01 Å². The largest absolute Gasteiger partial charge is 0.467 e. The van der Waals surface area contributed by atoms with Crippen molar-refractivity contribution in [2.24, 2.45) is 0 Å². The first-order valence-corrected chi connectivity index (χ1v) is 7.99. The van der Waals surface area contributed by atoms with Gasteiger partial charge < -0.3 is 18.9 Å². The highest BCUT2D eigenvalue weighted by Gasteiger charge is 2.19. The number of anilines is 1. The van der Waals surface area contributed by atoms with Crippen molar-refractivity contribution in [3.63, 3.8) is 0 Å². The highest BCUT2D eigenvalue weighted by Crippen LogP contribution is 2.26. The first kappa shape index (κ1) is 15.5. The second-order valence-electron chi connectivity index (χ2n) is 5.49. The van der Waals surface area contributed by atoms with Gasteiger partial charge >= 0.3 is 6.01 Å². The average molecular weight is 339 g/mol. The molecule has 2 aromatic heterocycles. The van der Waals surface area contributed by atoms with Gasteiger partial charge in [-0.15, -0.1) is 0 Å². The second kappa shape index (κ2) is 6.86. The molecule has 0 radical (unpaired) electrons. The van der Waals surface area contributed by atoms with Crippen LogP contribution in [0.2, 0.25) is 0 Å². The zero-order valence-electron chi connectivity index (χ0n) is 13.8. The van der Waals surface area contributed by atoms with Crippen LogP contribution in [-0.2, 0) is 4.74 Å². The maximum atomic E-state index is 5.44. The maximum Gasteiger partial charge on any atom is 0.321 e. The van der Waals surface area contributed by atoms with Crippen molar-refractivity contribution in [2.45, 2.75) is 0 Å². The first-order valence-electron chi connectivity index (χ1n) is 7.99. The van der Waals surface area contributed by atoms with Crippen LogP contribution >= 0.6 is 0 Å². The number of ether oxygens (including phenoxy) is 2. The van der Waals surface area contributed by atoms with E-state index in [1.54, 1.807) is 0 Å². The van der Waals surface area contributed by atoms with E-state index in [4.69, 9.17) is 14.0 Å². The van der Waals surface area contributed by atoms with E-state index in [9.17, 15) is 0 Å². The van der Waals surface area contributed by atoms with Crippen LogP contribution in [-0.4, -0.2) is 53.5 Å². The third-order valence-corrected chi connectivity index (χ3v) is 3.88. The minimum absolute atomic E-state index is 0.246. The molecule has 0 saturated carbocycles. The molecule has 1 saturated heterocycles. The van der Waals surface area contributed by atoms with Crippen LogP contribution in [0.5, 0.6) is 6.01 Å². The number of aromatic nitrogens is 4. The van der Waals surface area contributed by atoms with Crippen molar-refractivity contribution in [3.05, 3.63) is 36.4 Å². The Labute approximate surface area is 144 Å². The molecule has 0 bridgehead atoms. The van der Waals surface area contributed by atoms with Crippen molar-refractivity contribution in [1.82, 2.24) is 20.1 Å². The summed E-state index contributed by atoms with van der Waals surface area (Å²) >= 11 is 0. The minimum atomic E-state index is 0.246. The Morgan fingerprint density at radius 3 is 2.60 bits per heavy atom. The predicted octanol–water partition coefficient (Wildman–Crippen LogP) is 2.04. The summed E-state index contributed by atoms with van der Waals surface area (Å²) in [7, 11) is 1.53. The Bertz CT molecular complexity index is 846. The van der Waals surface area contributed by atoms with Gasteiger partial charge in [-0.25, -0.2) is 0 Å². The highest BCUT2D eigenvalue weighted by atomic mass is 16.5. The van der Waals surface area contributed by atoms with E-state index in [0.29, 0.717) is 36.4 Å². The van der Waals surface area contributed by atoms with E-state index in [2.05, 4.69) is 20.1 Å². The summed E-state index contributed by atoms with van der Waals surface area (Å²) in [5.41, 5.74) is 1.48. The van der Waals surface area contributed by atoms with Crippen molar-refractivity contribution < 1.29 is 14.0 Å². The zero-order chi connectivity index (χ0) is 17.1. The van der Waals surface area contributed by atoms with E-state index in [1.807, 2.05) is 41.3 Å². The predicted molar refractivity (Wildman–Crippen MR) is 90.3 cm³/mol. The molecule has 0 N–H and O–H groups in total. The van der Waals surface area contributed by atoms with Crippen LogP contribution in [0.1, 0.15) is 0 Å². The van der Waals surface area contributed by atoms with E-state index < -0.39 is 0 Å². The summed E-state index contributed by atoms with van der Waals surface area (Å²) in [5, 5.41) is 4.10. The first-order chi connectivity index (χ1) is 12.3. The van der Waals surface area contributed by atoms with Crippen LogP contribution in [0.25, 0.3) is 22.8 Å². The second-order valence-corrected chi connectivity index (χ2v) is 5.49. The lowest BCUT2D eigenvalue weighted by molar-refractivity contribution is 0.122. The number of morpholine rings is 1. The lowest BCUT2D eigenvalue weighted by Crippen LogP contribution is -2.37. The lowest BCUT2D eigenvalue weighted by atomic mass is 10.1. The molecule has 0 atom stereocenters. The number of methoxy groups -OCH3 is 1. The summed E-state index contributed by atoms with van der Waals surface area (Å²) in [6, 6.07) is 11.8. The molecule has 0 amide bonds. The SMILES string of the molecule is COc1nc(-c2cc(-c3ccccc3)on2)nc(N2CCOCC2)n1. The highest BCUT2D eigenvalue weighted by molar-refractivity contribution is 5.63. The monoisotopic (exact) mass is 339 g/mol. The molecule has 0 unspecified atom stereocenters. The fourth-order valence-corrected chi connectivity index (χ4v) is 2.58. The summed E-state index contributed by atoms with van der Waals surface area (Å²) in [6.07, 6.45) is 0. The van der Waals surface area contributed by atoms with Gasteiger partial charge in [0.25, 0.3) is 0 Å². The van der Waals surface area contributed by atoms with E-state index in [1.165, 1.54) is 7.11 Å². The van der Waals surface area contributed by atoms with Gasteiger partial charge in [-0.1, -0.05) is 35.5 Å². The van der Waals surface area contributed by atoms with Gasteiger partial charge in [-0.3, -0.25) is 0 Å². The van der Waals surface area contributed by atoms with Crippen molar-refractivity contribution in [3.8, 4) is 28.9 Å². The Morgan fingerprint density at radius 2 is 1.84 bits per heavy atom. The van der Waals surface area contributed by atoms with Crippen LogP contribution < -0.4 is 9.64 Å².